The van der Waals surface area contributed by atoms with Gasteiger partial charge in [0.2, 0.25) is 0 Å². The van der Waals surface area contributed by atoms with Crippen LogP contribution in [0.25, 0.3) is 11.0 Å². The Morgan fingerprint density at radius 1 is 1.38 bits per heavy atom. The normalized spacial score (nSPS) is 18.1. The fraction of sp³-hybridized carbons (Fsp3) is 0.647. The molecule has 0 saturated carbocycles. The summed E-state index contributed by atoms with van der Waals surface area (Å²) in [7, 11) is 1.90. The van der Waals surface area contributed by atoms with Gasteiger partial charge in [-0.2, -0.15) is 5.10 Å². The van der Waals surface area contributed by atoms with Crippen LogP contribution in [0, 0.1) is 5.92 Å². The highest BCUT2D eigenvalue weighted by molar-refractivity contribution is 5.87. The van der Waals surface area contributed by atoms with Crippen molar-refractivity contribution in [2.24, 2.45) is 13.0 Å². The summed E-state index contributed by atoms with van der Waals surface area (Å²) in [6, 6.07) is 0. The van der Waals surface area contributed by atoms with Crippen LogP contribution in [0.3, 0.4) is 0 Å². The molecular formula is C17H25N5O2. The minimum atomic E-state index is -0.104. The molecule has 130 valence electrons. The summed E-state index contributed by atoms with van der Waals surface area (Å²) in [5.74, 6) is 1.54. The molecule has 0 unspecified atom stereocenters. The predicted molar refractivity (Wildman–Crippen MR) is 91.9 cm³/mol. The van der Waals surface area contributed by atoms with Crippen LogP contribution < -0.4 is 4.90 Å². The first-order valence-electron chi connectivity index (χ1n) is 8.74. The molecule has 0 aromatic carbocycles. The fourth-order valence-corrected chi connectivity index (χ4v) is 3.25. The van der Waals surface area contributed by atoms with E-state index < -0.39 is 0 Å². The van der Waals surface area contributed by atoms with Gasteiger partial charge in [0.05, 0.1) is 24.1 Å². The summed E-state index contributed by atoms with van der Waals surface area (Å²) in [5, 5.41) is 5.28. The summed E-state index contributed by atoms with van der Waals surface area (Å²) < 4.78 is 6.99. The average molecular weight is 331 g/mol. The van der Waals surface area contributed by atoms with Crippen LogP contribution in [0.4, 0.5) is 5.82 Å². The van der Waals surface area contributed by atoms with Crippen LogP contribution in [0.2, 0.25) is 0 Å². The maximum absolute atomic E-state index is 12.1. The maximum Gasteiger partial charge on any atom is 0.310 e. The van der Waals surface area contributed by atoms with Gasteiger partial charge in [-0.25, -0.2) is 9.97 Å². The van der Waals surface area contributed by atoms with Crippen LogP contribution >= 0.6 is 0 Å². The first-order chi connectivity index (χ1) is 11.6. The highest BCUT2D eigenvalue weighted by Crippen LogP contribution is 2.28. The number of piperidine rings is 1. The van der Waals surface area contributed by atoms with Crippen molar-refractivity contribution in [2.75, 3.05) is 24.6 Å². The quantitative estimate of drug-likeness (QED) is 0.781. The van der Waals surface area contributed by atoms with E-state index in [0.29, 0.717) is 13.2 Å². The SMILES string of the molecule is CCCc1nc(N2CCC[C@H](C(=O)OCC)C2)c2cnn(C)c2n1. The van der Waals surface area contributed by atoms with E-state index >= 15 is 0 Å². The number of rotatable bonds is 5. The molecule has 1 fully saturated rings. The van der Waals surface area contributed by atoms with Gasteiger partial charge >= 0.3 is 5.97 Å². The Morgan fingerprint density at radius 2 is 2.21 bits per heavy atom. The summed E-state index contributed by atoms with van der Waals surface area (Å²) in [5.41, 5.74) is 0.849. The molecule has 7 nitrogen and oxygen atoms in total. The third kappa shape index (κ3) is 3.20. The Bertz CT molecular complexity index is 727. The predicted octanol–water partition coefficient (Wildman–Crippen LogP) is 2.10. The second-order valence-corrected chi connectivity index (χ2v) is 6.26. The topological polar surface area (TPSA) is 73.1 Å². The molecule has 1 aliphatic heterocycles. The van der Waals surface area contributed by atoms with Crippen molar-refractivity contribution in [3.8, 4) is 0 Å². The van der Waals surface area contributed by atoms with Gasteiger partial charge in [0.25, 0.3) is 0 Å². The number of esters is 1. The molecule has 0 spiro atoms. The number of hydrogen-bond donors (Lipinski definition) is 0. The lowest BCUT2D eigenvalue weighted by Crippen LogP contribution is -2.40. The molecule has 7 heteroatoms. The van der Waals surface area contributed by atoms with Crippen LogP contribution in [0.1, 0.15) is 38.9 Å². The molecule has 3 rings (SSSR count). The van der Waals surface area contributed by atoms with Gasteiger partial charge in [-0.3, -0.25) is 9.48 Å². The molecule has 2 aromatic rings. The molecule has 2 aromatic heterocycles. The van der Waals surface area contributed by atoms with Gasteiger partial charge in [-0.15, -0.1) is 0 Å². The number of carbonyl (C=O) groups is 1. The van der Waals surface area contributed by atoms with Crippen LogP contribution in [0.15, 0.2) is 6.20 Å². The first-order valence-corrected chi connectivity index (χ1v) is 8.74. The van der Waals surface area contributed by atoms with Gasteiger partial charge in [0, 0.05) is 26.6 Å². The second-order valence-electron chi connectivity index (χ2n) is 6.26. The van der Waals surface area contributed by atoms with Crippen LogP contribution in [0.5, 0.6) is 0 Å². The van der Waals surface area contributed by atoms with Gasteiger partial charge in [0.15, 0.2) is 5.65 Å². The highest BCUT2D eigenvalue weighted by Gasteiger charge is 2.29. The van der Waals surface area contributed by atoms with Crippen molar-refractivity contribution in [3.05, 3.63) is 12.0 Å². The Balaban J connectivity index is 1.94. The van der Waals surface area contributed by atoms with Crippen molar-refractivity contribution in [1.82, 2.24) is 19.7 Å². The van der Waals surface area contributed by atoms with E-state index in [-0.39, 0.29) is 11.9 Å². The number of aromatic nitrogens is 4. The molecular weight excluding hydrogens is 306 g/mol. The summed E-state index contributed by atoms with van der Waals surface area (Å²) in [4.78, 5) is 23.7. The lowest BCUT2D eigenvalue weighted by Gasteiger charge is -2.32. The van der Waals surface area contributed by atoms with Crippen molar-refractivity contribution in [2.45, 2.75) is 39.5 Å². The molecule has 1 saturated heterocycles. The van der Waals surface area contributed by atoms with Gasteiger partial charge in [-0.1, -0.05) is 6.92 Å². The lowest BCUT2D eigenvalue weighted by atomic mass is 9.98. The minimum Gasteiger partial charge on any atom is -0.466 e. The number of ether oxygens (including phenoxy) is 1. The first kappa shape index (κ1) is 16.7. The third-order valence-electron chi connectivity index (χ3n) is 4.43. The van der Waals surface area contributed by atoms with E-state index in [1.54, 1.807) is 4.68 Å². The van der Waals surface area contributed by atoms with Crippen molar-refractivity contribution in [3.63, 3.8) is 0 Å². The van der Waals surface area contributed by atoms with Crippen LogP contribution in [-0.4, -0.2) is 45.4 Å². The number of nitrogens with zero attached hydrogens (tertiary/aromatic N) is 5. The van der Waals surface area contributed by atoms with Crippen molar-refractivity contribution < 1.29 is 9.53 Å². The Hall–Kier alpha value is -2.18. The number of carbonyl (C=O) groups excluding carboxylic acids is 1. The monoisotopic (exact) mass is 331 g/mol. The Kier molecular flexibility index (Phi) is 4.97. The standard InChI is InChI=1S/C17H25N5O2/c1-4-7-14-19-15-13(10-18-21(15)3)16(20-14)22-9-6-8-12(11-22)17(23)24-5-2/h10,12H,4-9,11H2,1-3H3/t12-/m0/s1. The van der Waals surface area contributed by atoms with E-state index in [1.165, 1.54) is 0 Å². The highest BCUT2D eigenvalue weighted by atomic mass is 16.5. The van der Waals surface area contributed by atoms with Gasteiger partial charge < -0.3 is 9.64 Å². The molecule has 1 aliphatic rings. The maximum atomic E-state index is 12.1. The van der Waals surface area contributed by atoms with E-state index in [4.69, 9.17) is 9.72 Å². The van der Waals surface area contributed by atoms with Crippen molar-refractivity contribution in [1.29, 1.82) is 0 Å². The fourth-order valence-electron chi connectivity index (χ4n) is 3.25. The number of anilines is 1. The minimum absolute atomic E-state index is 0.0880. The molecule has 0 amide bonds. The zero-order chi connectivity index (χ0) is 17.1. The van der Waals surface area contributed by atoms with Gasteiger partial charge in [0.1, 0.15) is 11.6 Å². The molecule has 24 heavy (non-hydrogen) atoms. The smallest absolute Gasteiger partial charge is 0.310 e. The molecule has 1 atom stereocenters. The zero-order valence-electron chi connectivity index (χ0n) is 14.7. The zero-order valence-corrected chi connectivity index (χ0v) is 14.7. The van der Waals surface area contributed by atoms with E-state index in [0.717, 1.165) is 54.9 Å². The largest absolute Gasteiger partial charge is 0.466 e. The molecule has 0 N–H and O–H groups in total. The molecule has 0 bridgehead atoms. The number of aryl methyl sites for hydroxylation is 2. The molecule has 0 aliphatic carbocycles. The Labute approximate surface area is 142 Å². The average Bonchev–Trinajstić information content (AvgIpc) is 2.96. The second kappa shape index (κ2) is 7.15. The number of fused-ring (bicyclic) bond motifs is 1. The molecule has 0 radical (unpaired) electrons. The Morgan fingerprint density at radius 3 is 2.96 bits per heavy atom. The third-order valence-corrected chi connectivity index (χ3v) is 4.43. The summed E-state index contributed by atoms with van der Waals surface area (Å²) in [6.45, 7) is 5.93. The summed E-state index contributed by atoms with van der Waals surface area (Å²) >= 11 is 0. The lowest BCUT2D eigenvalue weighted by molar-refractivity contribution is -0.148. The van der Waals surface area contributed by atoms with Crippen LogP contribution in [-0.2, 0) is 23.0 Å². The van der Waals surface area contributed by atoms with Crippen molar-refractivity contribution >= 4 is 22.8 Å². The van der Waals surface area contributed by atoms with Gasteiger partial charge in [-0.05, 0) is 26.2 Å². The molecule has 3 heterocycles. The summed E-state index contributed by atoms with van der Waals surface area (Å²) in [6.07, 6.45) is 5.47. The number of hydrogen-bond acceptors (Lipinski definition) is 6. The van der Waals surface area contributed by atoms with E-state index in [2.05, 4.69) is 21.9 Å². The van der Waals surface area contributed by atoms with E-state index in [1.807, 2.05) is 20.2 Å². The van der Waals surface area contributed by atoms with E-state index in [9.17, 15) is 4.79 Å².